The van der Waals surface area contributed by atoms with Crippen LogP contribution in [-0.2, 0) is 10.5 Å². The number of aryl methyl sites for hydroxylation is 1. The number of rotatable bonds is 6. The van der Waals surface area contributed by atoms with Crippen LogP contribution in [0.4, 0.5) is 0 Å². The molecule has 0 N–H and O–H groups in total. The minimum Gasteiger partial charge on any atom is -0.461 e. The number of aromatic nitrogens is 1. The first-order valence-corrected chi connectivity index (χ1v) is 7.70. The highest BCUT2D eigenvalue weighted by atomic mass is 32.2. The van der Waals surface area contributed by atoms with Crippen LogP contribution in [0.25, 0.3) is 0 Å². The van der Waals surface area contributed by atoms with Crippen molar-refractivity contribution in [2.75, 3.05) is 6.61 Å². The third kappa shape index (κ3) is 4.32. The molecule has 3 nitrogen and oxygen atoms in total. The molecule has 5 heteroatoms. The molecule has 1 aromatic heterocycles. The van der Waals surface area contributed by atoms with Crippen molar-refractivity contribution in [3.8, 4) is 0 Å². The molecule has 0 saturated carbocycles. The molecule has 1 heterocycles. The summed E-state index contributed by atoms with van der Waals surface area (Å²) in [4.78, 5) is 16.9. The van der Waals surface area contributed by atoms with E-state index in [1.165, 1.54) is 0 Å². The van der Waals surface area contributed by atoms with E-state index in [2.05, 4.69) is 18.8 Å². The largest absolute Gasteiger partial charge is 0.461 e. The maximum Gasteiger partial charge on any atom is 0.358 e. The van der Waals surface area contributed by atoms with Gasteiger partial charge in [0.15, 0.2) is 5.69 Å². The van der Waals surface area contributed by atoms with Crippen molar-refractivity contribution >= 4 is 29.1 Å². The molecule has 0 fully saturated rings. The molecule has 0 spiro atoms. The van der Waals surface area contributed by atoms with E-state index in [-0.39, 0.29) is 5.97 Å². The van der Waals surface area contributed by atoms with Crippen LogP contribution in [0.3, 0.4) is 0 Å². The predicted octanol–water partition coefficient (Wildman–Crippen LogP) is 3.66. The van der Waals surface area contributed by atoms with Gasteiger partial charge in [-0.1, -0.05) is 13.8 Å². The normalized spacial score (nSPS) is 12.5. The van der Waals surface area contributed by atoms with E-state index in [0.717, 1.165) is 22.1 Å². The Balaban J connectivity index is 2.64. The van der Waals surface area contributed by atoms with Gasteiger partial charge in [0.25, 0.3) is 0 Å². The van der Waals surface area contributed by atoms with E-state index in [0.29, 0.717) is 17.6 Å². The zero-order chi connectivity index (χ0) is 12.8. The first-order valence-electron chi connectivity index (χ1n) is 5.83. The molecule has 1 unspecified atom stereocenters. The van der Waals surface area contributed by atoms with Gasteiger partial charge in [0.1, 0.15) is 5.01 Å². The van der Waals surface area contributed by atoms with Gasteiger partial charge in [0, 0.05) is 15.9 Å². The molecule has 0 aliphatic heterocycles. The zero-order valence-electron chi connectivity index (χ0n) is 10.8. The Hall–Kier alpha value is -0.550. The van der Waals surface area contributed by atoms with E-state index in [4.69, 9.17) is 4.74 Å². The quantitative estimate of drug-likeness (QED) is 0.742. The Labute approximate surface area is 111 Å². The minimum atomic E-state index is -0.305. The number of carbonyl (C=O) groups is 1. The van der Waals surface area contributed by atoms with Crippen LogP contribution in [0.5, 0.6) is 0 Å². The number of ether oxygens (including phenoxy) is 1. The van der Waals surface area contributed by atoms with Crippen molar-refractivity contribution in [2.45, 2.75) is 45.1 Å². The summed E-state index contributed by atoms with van der Waals surface area (Å²) in [6, 6.07) is 0. The van der Waals surface area contributed by atoms with E-state index < -0.39 is 0 Å². The van der Waals surface area contributed by atoms with Crippen LogP contribution >= 0.6 is 23.1 Å². The number of hydrogen-bond acceptors (Lipinski definition) is 5. The van der Waals surface area contributed by atoms with E-state index in [1.54, 1.807) is 18.3 Å². The van der Waals surface area contributed by atoms with Crippen molar-refractivity contribution in [1.82, 2.24) is 4.98 Å². The predicted molar refractivity (Wildman–Crippen MR) is 73.9 cm³/mol. The summed E-state index contributed by atoms with van der Waals surface area (Å²) in [7, 11) is 0. The van der Waals surface area contributed by atoms with Gasteiger partial charge in [-0.15, -0.1) is 11.3 Å². The Kier molecular flexibility index (Phi) is 5.98. The zero-order valence-corrected chi connectivity index (χ0v) is 12.4. The smallest absolute Gasteiger partial charge is 0.358 e. The lowest BCUT2D eigenvalue weighted by Crippen LogP contribution is -2.06. The lowest BCUT2D eigenvalue weighted by molar-refractivity contribution is 0.0519. The highest BCUT2D eigenvalue weighted by Gasteiger charge is 2.16. The second-order valence-electron chi connectivity index (χ2n) is 3.76. The van der Waals surface area contributed by atoms with Crippen LogP contribution in [0.1, 0.15) is 47.6 Å². The van der Waals surface area contributed by atoms with Gasteiger partial charge >= 0.3 is 5.97 Å². The van der Waals surface area contributed by atoms with Crippen LogP contribution in [-0.4, -0.2) is 22.8 Å². The molecule has 1 aromatic rings. The number of hydrogen-bond donors (Lipinski definition) is 0. The monoisotopic (exact) mass is 273 g/mol. The Morgan fingerprint density at radius 1 is 1.53 bits per heavy atom. The average molecular weight is 273 g/mol. The standard InChI is InChI=1S/C12H19NO2S2/c1-5-8(3)16-7-10-13-11(9(4)17-10)12(14)15-6-2/h8H,5-7H2,1-4H3. The van der Waals surface area contributed by atoms with E-state index in [1.807, 2.05) is 18.7 Å². The van der Waals surface area contributed by atoms with Gasteiger partial charge in [-0.05, 0) is 20.3 Å². The number of thiazole rings is 1. The summed E-state index contributed by atoms with van der Waals surface area (Å²) in [5.41, 5.74) is 0.483. The highest BCUT2D eigenvalue weighted by molar-refractivity contribution is 7.99. The summed E-state index contributed by atoms with van der Waals surface area (Å²) in [6.45, 7) is 8.50. The molecule has 0 radical (unpaired) electrons. The van der Waals surface area contributed by atoms with Gasteiger partial charge in [0.05, 0.1) is 6.61 Å². The maximum atomic E-state index is 11.6. The van der Waals surface area contributed by atoms with Crippen molar-refractivity contribution < 1.29 is 9.53 Å². The molecule has 96 valence electrons. The molecule has 0 aliphatic carbocycles. The first-order chi connectivity index (χ1) is 8.08. The molecular weight excluding hydrogens is 254 g/mol. The lowest BCUT2D eigenvalue weighted by atomic mass is 10.4. The average Bonchev–Trinajstić information content (AvgIpc) is 2.68. The summed E-state index contributed by atoms with van der Waals surface area (Å²) in [6.07, 6.45) is 1.15. The number of thioether (sulfide) groups is 1. The molecule has 0 bridgehead atoms. The second kappa shape index (κ2) is 7.01. The summed E-state index contributed by atoms with van der Waals surface area (Å²) in [5.74, 6) is 0.570. The second-order valence-corrected chi connectivity index (χ2v) is 6.48. The Morgan fingerprint density at radius 3 is 2.82 bits per heavy atom. The third-order valence-electron chi connectivity index (χ3n) is 2.38. The van der Waals surface area contributed by atoms with Gasteiger partial charge in [-0.25, -0.2) is 9.78 Å². The fourth-order valence-electron chi connectivity index (χ4n) is 1.23. The van der Waals surface area contributed by atoms with Crippen LogP contribution in [0.15, 0.2) is 0 Å². The molecule has 17 heavy (non-hydrogen) atoms. The fraction of sp³-hybridized carbons (Fsp3) is 0.667. The van der Waals surface area contributed by atoms with Crippen molar-refractivity contribution in [1.29, 1.82) is 0 Å². The van der Waals surface area contributed by atoms with Crippen molar-refractivity contribution in [3.63, 3.8) is 0 Å². The third-order valence-corrected chi connectivity index (χ3v) is 4.87. The van der Waals surface area contributed by atoms with E-state index >= 15 is 0 Å². The summed E-state index contributed by atoms with van der Waals surface area (Å²) < 4.78 is 4.97. The SMILES string of the molecule is CCOC(=O)c1nc(CSC(C)CC)sc1C. The minimum absolute atomic E-state index is 0.305. The Morgan fingerprint density at radius 2 is 2.24 bits per heavy atom. The van der Waals surface area contributed by atoms with Crippen LogP contribution in [0.2, 0.25) is 0 Å². The number of nitrogens with zero attached hydrogens (tertiary/aromatic N) is 1. The first kappa shape index (κ1) is 14.5. The topological polar surface area (TPSA) is 39.2 Å². The fourth-order valence-corrected chi connectivity index (χ4v) is 3.12. The van der Waals surface area contributed by atoms with Crippen LogP contribution < -0.4 is 0 Å². The molecular formula is C12H19NO2S2. The van der Waals surface area contributed by atoms with Crippen LogP contribution in [0, 0.1) is 6.92 Å². The molecule has 1 rings (SSSR count). The molecule has 1 atom stereocenters. The molecule has 0 saturated heterocycles. The van der Waals surface area contributed by atoms with Gasteiger partial charge in [-0.3, -0.25) is 0 Å². The number of esters is 1. The Bertz CT molecular complexity index is 377. The highest BCUT2D eigenvalue weighted by Crippen LogP contribution is 2.25. The number of carbonyl (C=O) groups excluding carboxylic acids is 1. The summed E-state index contributed by atoms with van der Waals surface area (Å²) in [5, 5.41) is 1.64. The maximum absolute atomic E-state index is 11.6. The molecule has 0 amide bonds. The van der Waals surface area contributed by atoms with E-state index in [9.17, 15) is 4.79 Å². The lowest BCUT2D eigenvalue weighted by Gasteiger charge is -2.05. The van der Waals surface area contributed by atoms with Crippen molar-refractivity contribution in [2.24, 2.45) is 0 Å². The van der Waals surface area contributed by atoms with Crippen molar-refractivity contribution in [3.05, 3.63) is 15.6 Å². The molecule has 0 aliphatic rings. The summed E-state index contributed by atoms with van der Waals surface area (Å²) >= 11 is 3.46. The van der Waals surface area contributed by atoms with Gasteiger partial charge in [-0.2, -0.15) is 11.8 Å². The molecule has 0 aromatic carbocycles. The van der Waals surface area contributed by atoms with Gasteiger partial charge in [0.2, 0.25) is 0 Å². The van der Waals surface area contributed by atoms with Gasteiger partial charge < -0.3 is 4.74 Å².